The molecule has 2 N–H and O–H groups in total. The molecule has 0 spiro atoms. The molecule has 2 unspecified atom stereocenters. The first-order chi connectivity index (χ1) is 8.41. The van der Waals surface area contributed by atoms with Gasteiger partial charge >= 0.3 is 0 Å². The third-order valence-electron chi connectivity index (χ3n) is 4.14. The van der Waals surface area contributed by atoms with Gasteiger partial charge < -0.3 is 5.73 Å². The molecule has 1 heterocycles. The van der Waals surface area contributed by atoms with Crippen molar-refractivity contribution in [3.05, 3.63) is 15.6 Å². The Hall–Kier alpha value is -0.460. The van der Waals surface area contributed by atoms with Crippen LogP contribution in [0.1, 0.15) is 41.3 Å². The fourth-order valence-electron chi connectivity index (χ4n) is 3.23. The molecule has 2 atom stereocenters. The number of rotatable bonds is 2. The van der Waals surface area contributed by atoms with Crippen molar-refractivity contribution in [3.63, 3.8) is 0 Å². The highest BCUT2D eigenvalue weighted by molar-refractivity contribution is 7.91. The van der Waals surface area contributed by atoms with Crippen molar-refractivity contribution in [2.45, 2.75) is 49.3 Å². The van der Waals surface area contributed by atoms with E-state index in [1.54, 1.807) is 11.3 Å². The van der Waals surface area contributed by atoms with Crippen molar-refractivity contribution < 1.29 is 8.42 Å². The predicted molar refractivity (Wildman–Crippen MR) is 72.5 cm³/mol. The molecular weight excluding hydrogens is 268 g/mol. The van der Waals surface area contributed by atoms with Crippen molar-refractivity contribution in [1.82, 2.24) is 4.98 Å². The molecule has 100 valence electrons. The van der Waals surface area contributed by atoms with E-state index < -0.39 is 20.6 Å². The van der Waals surface area contributed by atoms with Gasteiger partial charge in [0.15, 0.2) is 9.84 Å². The van der Waals surface area contributed by atoms with Crippen LogP contribution in [0.25, 0.3) is 0 Å². The molecule has 1 fully saturated rings. The highest BCUT2D eigenvalue weighted by Crippen LogP contribution is 2.43. The molecule has 6 heteroatoms. The van der Waals surface area contributed by atoms with Gasteiger partial charge in [0.05, 0.1) is 16.5 Å². The summed E-state index contributed by atoms with van der Waals surface area (Å²) in [5.74, 6) is 0. The Balaban J connectivity index is 2.03. The summed E-state index contributed by atoms with van der Waals surface area (Å²) >= 11 is 1.64. The van der Waals surface area contributed by atoms with E-state index in [4.69, 9.17) is 5.73 Å². The molecule has 0 aliphatic heterocycles. The summed E-state index contributed by atoms with van der Waals surface area (Å²) in [6.45, 7) is 0. The zero-order chi connectivity index (χ0) is 13.0. The molecule has 0 saturated heterocycles. The molecule has 0 aromatic carbocycles. The van der Waals surface area contributed by atoms with Crippen molar-refractivity contribution in [2.24, 2.45) is 5.73 Å². The van der Waals surface area contributed by atoms with Crippen LogP contribution in [0, 0.1) is 0 Å². The van der Waals surface area contributed by atoms with Crippen LogP contribution in [-0.4, -0.2) is 24.9 Å². The first-order valence-corrected chi connectivity index (χ1v) is 9.15. The van der Waals surface area contributed by atoms with Crippen LogP contribution in [-0.2, 0) is 28.2 Å². The van der Waals surface area contributed by atoms with E-state index in [0.29, 0.717) is 6.42 Å². The lowest BCUT2D eigenvalue weighted by atomic mass is 10.00. The van der Waals surface area contributed by atoms with Crippen LogP contribution in [0.2, 0.25) is 0 Å². The van der Waals surface area contributed by atoms with Crippen molar-refractivity contribution >= 4 is 21.2 Å². The molecule has 3 rings (SSSR count). The summed E-state index contributed by atoms with van der Waals surface area (Å²) in [4.78, 5) is 5.95. The molecule has 0 radical (unpaired) electrons. The van der Waals surface area contributed by atoms with Crippen LogP contribution in [0.5, 0.6) is 0 Å². The summed E-state index contributed by atoms with van der Waals surface area (Å²) < 4.78 is 23.8. The average molecular weight is 286 g/mol. The molecule has 1 aromatic rings. The second-order valence-electron chi connectivity index (χ2n) is 5.49. The third kappa shape index (κ3) is 1.82. The van der Waals surface area contributed by atoms with E-state index in [0.717, 1.165) is 36.4 Å². The quantitative estimate of drug-likeness (QED) is 0.891. The Bertz CT molecular complexity index is 557. The number of aryl methyl sites for hydroxylation is 2. The van der Waals surface area contributed by atoms with Gasteiger partial charge in [-0.3, -0.25) is 0 Å². The van der Waals surface area contributed by atoms with E-state index in [9.17, 15) is 8.42 Å². The standard InChI is InChI=1S/C12H18N2O2S2/c1-18(15,16)10-6-3-7-12(10,13)11-14-8-4-2-5-9(8)17-11/h10H,2-7,13H2,1H3. The summed E-state index contributed by atoms with van der Waals surface area (Å²) in [7, 11) is -3.11. The fourth-order valence-corrected chi connectivity index (χ4v) is 6.23. The topological polar surface area (TPSA) is 73.0 Å². The lowest BCUT2D eigenvalue weighted by Gasteiger charge is -2.28. The lowest BCUT2D eigenvalue weighted by Crippen LogP contribution is -2.47. The van der Waals surface area contributed by atoms with Crippen molar-refractivity contribution in [3.8, 4) is 0 Å². The fraction of sp³-hybridized carbons (Fsp3) is 0.750. The van der Waals surface area contributed by atoms with E-state index in [2.05, 4.69) is 4.98 Å². The van der Waals surface area contributed by atoms with Gasteiger partial charge in [-0.15, -0.1) is 11.3 Å². The third-order valence-corrected chi connectivity index (χ3v) is 7.18. The maximum Gasteiger partial charge on any atom is 0.152 e. The molecule has 1 aromatic heterocycles. The SMILES string of the molecule is CS(=O)(=O)C1CCCC1(N)c1nc2c(s1)CCC2. The Kier molecular flexibility index (Phi) is 2.80. The minimum absolute atomic E-state index is 0.462. The van der Waals surface area contributed by atoms with Crippen LogP contribution in [0.3, 0.4) is 0 Å². The largest absolute Gasteiger partial charge is 0.318 e. The van der Waals surface area contributed by atoms with Gasteiger partial charge in [0.25, 0.3) is 0 Å². The van der Waals surface area contributed by atoms with Gasteiger partial charge in [0, 0.05) is 11.1 Å². The molecular formula is C12H18N2O2S2. The number of nitrogens with zero attached hydrogens (tertiary/aromatic N) is 1. The van der Waals surface area contributed by atoms with E-state index in [1.807, 2.05) is 0 Å². The van der Waals surface area contributed by atoms with E-state index in [1.165, 1.54) is 17.6 Å². The molecule has 2 aliphatic rings. The van der Waals surface area contributed by atoms with Gasteiger partial charge in [-0.2, -0.15) is 0 Å². The average Bonchev–Trinajstić information content (AvgIpc) is 2.86. The van der Waals surface area contributed by atoms with Gasteiger partial charge in [0.1, 0.15) is 5.01 Å². The number of aromatic nitrogens is 1. The van der Waals surface area contributed by atoms with Gasteiger partial charge in [-0.1, -0.05) is 0 Å². The minimum atomic E-state index is -3.11. The minimum Gasteiger partial charge on any atom is -0.318 e. The number of sulfone groups is 1. The Morgan fingerprint density at radius 3 is 2.83 bits per heavy atom. The van der Waals surface area contributed by atoms with Gasteiger partial charge in [-0.25, -0.2) is 13.4 Å². The van der Waals surface area contributed by atoms with E-state index in [-0.39, 0.29) is 0 Å². The second-order valence-corrected chi connectivity index (χ2v) is 8.80. The number of hydrogen-bond donors (Lipinski definition) is 1. The first kappa shape index (κ1) is 12.6. The van der Waals surface area contributed by atoms with Crippen LogP contribution in [0.4, 0.5) is 0 Å². The molecule has 0 bridgehead atoms. The monoisotopic (exact) mass is 286 g/mol. The number of thiazole rings is 1. The van der Waals surface area contributed by atoms with Gasteiger partial charge in [0.2, 0.25) is 0 Å². The summed E-state index contributed by atoms with van der Waals surface area (Å²) in [6.07, 6.45) is 6.83. The molecule has 0 amide bonds. The maximum absolute atomic E-state index is 11.9. The highest BCUT2D eigenvalue weighted by Gasteiger charge is 2.48. The summed E-state index contributed by atoms with van der Waals surface area (Å²) in [5.41, 5.74) is 6.84. The van der Waals surface area contributed by atoms with Crippen molar-refractivity contribution in [1.29, 1.82) is 0 Å². The van der Waals surface area contributed by atoms with Crippen LogP contribution < -0.4 is 5.73 Å². The van der Waals surface area contributed by atoms with Crippen LogP contribution >= 0.6 is 11.3 Å². The number of hydrogen-bond acceptors (Lipinski definition) is 5. The number of fused-ring (bicyclic) bond motifs is 1. The molecule has 2 aliphatic carbocycles. The van der Waals surface area contributed by atoms with Crippen LogP contribution in [0.15, 0.2) is 0 Å². The maximum atomic E-state index is 11.9. The Labute approximate surface area is 112 Å². The normalized spacial score (nSPS) is 31.8. The predicted octanol–water partition coefficient (Wildman–Crippen LogP) is 1.38. The molecule has 1 saturated carbocycles. The summed E-state index contributed by atoms with van der Waals surface area (Å²) in [6, 6.07) is 0. The highest BCUT2D eigenvalue weighted by atomic mass is 32.2. The Morgan fingerprint density at radius 1 is 1.39 bits per heavy atom. The lowest BCUT2D eigenvalue weighted by molar-refractivity contribution is 0.449. The number of nitrogens with two attached hydrogens (primary N) is 1. The zero-order valence-corrected chi connectivity index (χ0v) is 12.1. The molecule has 18 heavy (non-hydrogen) atoms. The summed E-state index contributed by atoms with van der Waals surface area (Å²) in [5, 5.41) is 0.386. The zero-order valence-electron chi connectivity index (χ0n) is 10.5. The first-order valence-electron chi connectivity index (χ1n) is 6.38. The molecule has 4 nitrogen and oxygen atoms in total. The van der Waals surface area contributed by atoms with E-state index >= 15 is 0 Å². The Morgan fingerprint density at radius 2 is 2.17 bits per heavy atom. The van der Waals surface area contributed by atoms with Crippen molar-refractivity contribution in [2.75, 3.05) is 6.26 Å². The smallest absolute Gasteiger partial charge is 0.152 e. The second kappa shape index (κ2) is 4.02. The van der Waals surface area contributed by atoms with Gasteiger partial charge in [-0.05, 0) is 38.5 Å².